The van der Waals surface area contributed by atoms with Crippen molar-refractivity contribution in [3.05, 3.63) is 77.3 Å². The maximum atomic E-state index is 12.6. The Balaban J connectivity index is 1.63. The molecule has 0 aliphatic carbocycles. The number of carbonyl (C=O) groups is 2. The number of aromatic nitrogens is 2. The Morgan fingerprint density at radius 1 is 1.00 bits per heavy atom. The van der Waals surface area contributed by atoms with Crippen LogP contribution in [0.5, 0.6) is 0 Å². The quantitative estimate of drug-likeness (QED) is 0.655. The summed E-state index contributed by atoms with van der Waals surface area (Å²) in [5, 5.41) is 13.1. The van der Waals surface area contributed by atoms with E-state index in [-0.39, 0.29) is 12.5 Å². The number of alkyl carbamates (subject to hydrolysis) is 1. The normalized spacial score (nSPS) is 11.4. The molecule has 0 saturated heterocycles. The topological polar surface area (TPSA) is 93.2 Å². The van der Waals surface area contributed by atoms with Gasteiger partial charge in [0, 0.05) is 6.42 Å². The molecule has 0 radical (unpaired) electrons. The fraction of sp³-hybridized carbons (Fsp3) is 0.158. The molecule has 1 aromatic heterocycles. The van der Waals surface area contributed by atoms with Crippen molar-refractivity contribution in [1.82, 2.24) is 15.5 Å². The molecule has 0 bridgehead atoms. The summed E-state index contributed by atoms with van der Waals surface area (Å²) >= 11 is 1.20. The zero-order valence-corrected chi connectivity index (χ0v) is 15.2. The first-order valence-electron chi connectivity index (χ1n) is 8.29. The number of nitrogens with one attached hydrogen (secondary N) is 2. The number of ether oxygens (including phenoxy) is 1. The highest BCUT2D eigenvalue weighted by Crippen LogP contribution is 2.11. The van der Waals surface area contributed by atoms with Crippen LogP contribution < -0.4 is 10.6 Å². The highest BCUT2D eigenvalue weighted by Gasteiger charge is 2.23. The van der Waals surface area contributed by atoms with Crippen LogP contribution >= 0.6 is 11.3 Å². The fourth-order valence-electron chi connectivity index (χ4n) is 2.39. The predicted octanol–water partition coefficient (Wildman–Crippen LogP) is 3.01. The highest BCUT2D eigenvalue weighted by atomic mass is 32.1. The van der Waals surface area contributed by atoms with E-state index < -0.39 is 12.1 Å². The number of hydrogen-bond donors (Lipinski definition) is 2. The summed E-state index contributed by atoms with van der Waals surface area (Å²) in [6, 6.07) is 18.0. The summed E-state index contributed by atoms with van der Waals surface area (Å²) in [5.41, 5.74) is 3.30. The number of hydrogen-bond acceptors (Lipinski definition) is 6. The molecule has 0 aliphatic rings. The van der Waals surface area contributed by atoms with E-state index in [1.807, 2.05) is 60.7 Å². The lowest BCUT2D eigenvalue weighted by atomic mass is 10.1. The number of anilines is 1. The Morgan fingerprint density at radius 3 is 2.30 bits per heavy atom. The maximum Gasteiger partial charge on any atom is 0.408 e. The van der Waals surface area contributed by atoms with Crippen LogP contribution in [-0.2, 0) is 22.6 Å². The van der Waals surface area contributed by atoms with Crippen molar-refractivity contribution in [3.8, 4) is 0 Å². The zero-order valence-electron chi connectivity index (χ0n) is 14.4. The third-order valence-corrected chi connectivity index (χ3v) is 4.30. The van der Waals surface area contributed by atoms with Crippen molar-refractivity contribution in [2.75, 3.05) is 5.32 Å². The van der Waals surface area contributed by atoms with E-state index in [4.69, 9.17) is 4.74 Å². The van der Waals surface area contributed by atoms with Crippen LogP contribution in [0.2, 0.25) is 0 Å². The van der Waals surface area contributed by atoms with E-state index in [1.54, 1.807) is 0 Å². The largest absolute Gasteiger partial charge is 0.445 e. The molecule has 0 spiro atoms. The number of nitrogens with zero attached hydrogens (tertiary/aromatic N) is 2. The van der Waals surface area contributed by atoms with Crippen molar-refractivity contribution < 1.29 is 14.3 Å². The van der Waals surface area contributed by atoms with Crippen LogP contribution in [-0.4, -0.2) is 28.2 Å². The van der Waals surface area contributed by atoms with Crippen LogP contribution in [0.25, 0.3) is 0 Å². The summed E-state index contributed by atoms with van der Waals surface area (Å²) in [6.45, 7) is 0.128. The van der Waals surface area contributed by atoms with Gasteiger partial charge < -0.3 is 10.1 Å². The first-order valence-corrected chi connectivity index (χ1v) is 9.17. The molecule has 8 heteroatoms. The smallest absolute Gasteiger partial charge is 0.408 e. The lowest BCUT2D eigenvalue weighted by Gasteiger charge is -2.17. The van der Waals surface area contributed by atoms with Gasteiger partial charge in [-0.2, -0.15) is 0 Å². The summed E-state index contributed by atoms with van der Waals surface area (Å²) in [7, 11) is 0. The molecular weight excluding hydrogens is 364 g/mol. The molecule has 138 valence electrons. The van der Waals surface area contributed by atoms with E-state index in [1.165, 1.54) is 16.8 Å². The van der Waals surface area contributed by atoms with Gasteiger partial charge in [0.15, 0.2) is 0 Å². The Kier molecular flexibility index (Phi) is 6.48. The van der Waals surface area contributed by atoms with Gasteiger partial charge in [-0.1, -0.05) is 72.0 Å². The standard InChI is InChI=1S/C19H18N4O3S/c24-17(22-18-23-20-13-27-18)16(11-14-7-3-1-4-8-14)21-19(25)26-12-15-9-5-2-6-10-15/h1-10,13,16H,11-12H2,(H,21,25)(H,22,23,24). The summed E-state index contributed by atoms with van der Waals surface area (Å²) < 4.78 is 5.23. The van der Waals surface area contributed by atoms with Gasteiger partial charge in [0.1, 0.15) is 18.2 Å². The third-order valence-electron chi connectivity index (χ3n) is 3.69. The van der Waals surface area contributed by atoms with E-state index in [0.29, 0.717) is 11.6 Å². The van der Waals surface area contributed by atoms with Crippen molar-refractivity contribution in [2.45, 2.75) is 19.1 Å². The molecular formula is C19H18N4O3S. The molecule has 7 nitrogen and oxygen atoms in total. The number of carbonyl (C=O) groups excluding carboxylic acids is 2. The minimum Gasteiger partial charge on any atom is -0.445 e. The van der Waals surface area contributed by atoms with E-state index in [2.05, 4.69) is 20.8 Å². The van der Waals surface area contributed by atoms with Crippen LogP contribution in [0.4, 0.5) is 9.93 Å². The Labute approximate surface area is 160 Å². The average Bonchev–Trinajstić information content (AvgIpc) is 3.20. The molecule has 2 aromatic carbocycles. The molecule has 0 aliphatic heterocycles. The third kappa shape index (κ3) is 5.89. The first-order chi connectivity index (χ1) is 13.2. The molecule has 0 fully saturated rings. The lowest BCUT2D eigenvalue weighted by molar-refractivity contribution is -0.118. The van der Waals surface area contributed by atoms with E-state index in [9.17, 15) is 9.59 Å². The first kappa shape index (κ1) is 18.5. The van der Waals surface area contributed by atoms with Crippen LogP contribution in [0.1, 0.15) is 11.1 Å². The van der Waals surface area contributed by atoms with Gasteiger partial charge in [-0.25, -0.2) is 4.79 Å². The molecule has 1 unspecified atom stereocenters. The fourth-order valence-corrected chi connectivity index (χ4v) is 2.83. The van der Waals surface area contributed by atoms with Gasteiger partial charge in [0.25, 0.3) is 0 Å². The number of benzene rings is 2. The molecule has 1 atom stereocenters. The van der Waals surface area contributed by atoms with Crippen LogP contribution in [0.15, 0.2) is 66.2 Å². The van der Waals surface area contributed by atoms with Crippen LogP contribution in [0, 0.1) is 0 Å². The second kappa shape index (κ2) is 9.44. The van der Waals surface area contributed by atoms with Crippen molar-refractivity contribution in [1.29, 1.82) is 0 Å². The van der Waals surface area contributed by atoms with Crippen LogP contribution in [0.3, 0.4) is 0 Å². The molecule has 3 aromatic rings. The number of amides is 2. The maximum absolute atomic E-state index is 12.6. The molecule has 2 amide bonds. The second-order valence-electron chi connectivity index (χ2n) is 5.68. The van der Waals surface area contributed by atoms with Gasteiger partial charge in [0.2, 0.25) is 11.0 Å². The highest BCUT2D eigenvalue weighted by molar-refractivity contribution is 7.13. The Bertz CT molecular complexity index is 857. The summed E-state index contributed by atoms with van der Waals surface area (Å²) in [6.07, 6.45) is -0.335. The van der Waals surface area contributed by atoms with E-state index in [0.717, 1.165) is 11.1 Å². The Hall–Kier alpha value is -3.26. The number of rotatable bonds is 7. The van der Waals surface area contributed by atoms with Crippen molar-refractivity contribution in [3.63, 3.8) is 0 Å². The molecule has 2 N–H and O–H groups in total. The average molecular weight is 382 g/mol. The lowest BCUT2D eigenvalue weighted by Crippen LogP contribution is -2.45. The van der Waals surface area contributed by atoms with Crippen molar-refractivity contribution in [2.24, 2.45) is 0 Å². The van der Waals surface area contributed by atoms with Gasteiger partial charge >= 0.3 is 6.09 Å². The van der Waals surface area contributed by atoms with Gasteiger partial charge in [-0.3, -0.25) is 10.1 Å². The summed E-state index contributed by atoms with van der Waals surface area (Å²) in [4.78, 5) is 24.8. The predicted molar refractivity (Wildman–Crippen MR) is 102 cm³/mol. The molecule has 27 heavy (non-hydrogen) atoms. The Morgan fingerprint density at radius 2 is 1.67 bits per heavy atom. The van der Waals surface area contributed by atoms with E-state index >= 15 is 0 Å². The minimum absolute atomic E-state index is 0.128. The molecule has 0 saturated carbocycles. The summed E-state index contributed by atoms with van der Waals surface area (Å²) in [5.74, 6) is -0.382. The van der Waals surface area contributed by atoms with Gasteiger partial charge in [-0.15, -0.1) is 10.2 Å². The van der Waals surface area contributed by atoms with Gasteiger partial charge in [-0.05, 0) is 11.1 Å². The zero-order chi connectivity index (χ0) is 18.9. The second-order valence-corrected chi connectivity index (χ2v) is 6.51. The van der Waals surface area contributed by atoms with Crippen molar-refractivity contribution >= 4 is 28.5 Å². The monoisotopic (exact) mass is 382 g/mol. The minimum atomic E-state index is -0.806. The molecule has 1 heterocycles. The molecule has 3 rings (SSSR count). The SMILES string of the molecule is O=C(NC(Cc1ccccc1)C(=O)Nc1nncs1)OCc1ccccc1. The van der Waals surface area contributed by atoms with Gasteiger partial charge in [0.05, 0.1) is 0 Å².